The average molecular weight is 180 g/mol. The molecule has 1 aromatic rings. The zero-order valence-electron chi connectivity index (χ0n) is 6.04. The zero-order valence-corrected chi connectivity index (χ0v) is 6.04. The Bertz CT molecular complexity index is 253. The van der Waals surface area contributed by atoms with Crippen LogP contribution in [0.3, 0.4) is 0 Å². The molecule has 0 aliphatic rings. The monoisotopic (exact) mass is 180 g/mol. The molecule has 0 aromatic carbocycles. The van der Waals surface area contributed by atoms with Gasteiger partial charge in [-0.25, -0.2) is 0 Å². The Balaban J connectivity index is 2.77. The van der Waals surface area contributed by atoms with Crippen LogP contribution in [0.15, 0.2) is 6.20 Å². The first-order chi connectivity index (χ1) is 5.54. The van der Waals surface area contributed by atoms with Gasteiger partial charge in [0.1, 0.15) is 0 Å². The van der Waals surface area contributed by atoms with Gasteiger partial charge in [-0.2, -0.15) is 13.2 Å². The molecule has 0 radical (unpaired) electrons. The van der Waals surface area contributed by atoms with E-state index in [0.717, 1.165) is 10.9 Å². The van der Waals surface area contributed by atoms with Crippen molar-refractivity contribution in [3.05, 3.63) is 11.9 Å². The molecular formula is C5H7F3N4. The predicted molar refractivity (Wildman–Crippen MR) is 34.1 cm³/mol. The highest BCUT2D eigenvalue weighted by atomic mass is 19.4. The molecule has 0 atom stereocenters. The molecule has 0 saturated heterocycles. The predicted octanol–water partition coefficient (Wildman–Crippen LogP) is 0.256. The number of halogens is 3. The molecule has 0 saturated carbocycles. The van der Waals surface area contributed by atoms with E-state index >= 15 is 0 Å². The van der Waals surface area contributed by atoms with Gasteiger partial charge in [0.2, 0.25) is 0 Å². The van der Waals surface area contributed by atoms with Crippen LogP contribution in [-0.4, -0.2) is 21.5 Å². The topological polar surface area (TPSA) is 56.7 Å². The van der Waals surface area contributed by atoms with Crippen LogP contribution in [0.4, 0.5) is 13.2 Å². The van der Waals surface area contributed by atoms with Gasteiger partial charge in [0.25, 0.3) is 0 Å². The maximum atomic E-state index is 11.9. The second kappa shape index (κ2) is 3.10. The summed E-state index contributed by atoms with van der Waals surface area (Å²) in [5.74, 6) is 0. The van der Waals surface area contributed by atoms with Crippen LogP contribution in [0.2, 0.25) is 0 Å². The minimum Gasteiger partial charge on any atom is -0.329 e. The van der Waals surface area contributed by atoms with Gasteiger partial charge in [0.15, 0.2) is 5.69 Å². The summed E-state index contributed by atoms with van der Waals surface area (Å²) in [5, 5.41) is 6.18. The molecule has 4 nitrogen and oxygen atoms in total. The van der Waals surface area contributed by atoms with Crippen molar-refractivity contribution >= 4 is 0 Å². The van der Waals surface area contributed by atoms with E-state index in [2.05, 4.69) is 10.3 Å². The summed E-state index contributed by atoms with van der Waals surface area (Å²) in [6.45, 7) is 0.476. The van der Waals surface area contributed by atoms with Crippen LogP contribution >= 0.6 is 0 Å². The number of nitrogens with two attached hydrogens (primary N) is 1. The van der Waals surface area contributed by atoms with Crippen LogP contribution in [-0.2, 0) is 12.7 Å². The smallest absolute Gasteiger partial charge is 0.329 e. The van der Waals surface area contributed by atoms with Crippen molar-refractivity contribution in [3.8, 4) is 0 Å². The minimum atomic E-state index is -4.42. The molecule has 0 bridgehead atoms. The highest BCUT2D eigenvalue weighted by Gasteiger charge is 2.34. The summed E-state index contributed by atoms with van der Waals surface area (Å²) in [6.07, 6.45) is -3.60. The van der Waals surface area contributed by atoms with E-state index in [0.29, 0.717) is 0 Å². The van der Waals surface area contributed by atoms with Crippen molar-refractivity contribution in [1.82, 2.24) is 15.0 Å². The van der Waals surface area contributed by atoms with E-state index in [1.165, 1.54) is 0 Å². The molecule has 0 aliphatic carbocycles. The van der Waals surface area contributed by atoms with Crippen molar-refractivity contribution in [1.29, 1.82) is 0 Å². The molecule has 1 rings (SSSR count). The molecule has 0 aliphatic heterocycles. The standard InChI is InChI=1S/C5H7F3N4/c6-5(7,8)4-3-12(2-1-9)11-10-4/h3H,1-2,9H2. The first kappa shape index (κ1) is 8.98. The molecule has 2 N–H and O–H groups in total. The third-order valence-corrected chi connectivity index (χ3v) is 1.19. The molecule has 0 spiro atoms. The van der Waals surface area contributed by atoms with E-state index in [1.54, 1.807) is 0 Å². The maximum absolute atomic E-state index is 11.9. The van der Waals surface area contributed by atoms with Crippen LogP contribution in [0.25, 0.3) is 0 Å². The van der Waals surface area contributed by atoms with Crippen molar-refractivity contribution < 1.29 is 13.2 Å². The zero-order chi connectivity index (χ0) is 9.19. The number of alkyl halides is 3. The van der Waals surface area contributed by atoms with E-state index < -0.39 is 11.9 Å². The van der Waals surface area contributed by atoms with Gasteiger partial charge in [0.05, 0.1) is 12.7 Å². The first-order valence-electron chi connectivity index (χ1n) is 3.21. The lowest BCUT2D eigenvalue weighted by molar-refractivity contribution is -0.141. The summed E-state index contributed by atoms with van der Waals surface area (Å²) in [6, 6.07) is 0. The maximum Gasteiger partial charge on any atom is 0.436 e. The summed E-state index contributed by atoms with van der Waals surface area (Å²) < 4.78 is 36.7. The van der Waals surface area contributed by atoms with Crippen LogP contribution in [0.5, 0.6) is 0 Å². The third kappa shape index (κ3) is 1.94. The average Bonchev–Trinajstić information content (AvgIpc) is 2.35. The normalized spacial score (nSPS) is 12.0. The van der Waals surface area contributed by atoms with Crippen LogP contribution in [0, 0.1) is 0 Å². The second-order valence-corrected chi connectivity index (χ2v) is 2.15. The Morgan fingerprint density at radius 1 is 1.50 bits per heavy atom. The van der Waals surface area contributed by atoms with Gasteiger partial charge in [-0.3, -0.25) is 4.68 Å². The number of nitrogens with zero attached hydrogens (tertiary/aromatic N) is 3. The van der Waals surface area contributed by atoms with E-state index in [-0.39, 0.29) is 13.1 Å². The molecule has 1 heterocycles. The van der Waals surface area contributed by atoms with E-state index in [1.807, 2.05) is 0 Å². The molecule has 68 valence electrons. The Hall–Kier alpha value is -1.11. The third-order valence-electron chi connectivity index (χ3n) is 1.19. The van der Waals surface area contributed by atoms with E-state index in [9.17, 15) is 13.2 Å². The van der Waals surface area contributed by atoms with Crippen molar-refractivity contribution in [2.75, 3.05) is 6.54 Å². The van der Waals surface area contributed by atoms with Crippen molar-refractivity contribution in [2.24, 2.45) is 5.73 Å². The summed E-state index contributed by atoms with van der Waals surface area (Å²) in [4.78, 5) is 0. The van der Waals surface area contributed by atoms with Crippen LogP contribution < -0.4 is 5.73 Å². The van der Waals surface area contributed by atoms with Gasteiger partial charge in [-0.15, -0.1) is 5.10 Å². The summed E-state index contributed by atoms with van der Waals surface area (Å²) in [5.41, 5.74) is 4.12. The Kier molecular flexibility index (Phi) is 2.32. The molecule has 1 aromatic heterocycles. The number of aromatic nitrogens is 3. The van der Waals surface area contributed by atoms with Crippen molar-refractivity contribution in [3.63, 3.8) is 0 Å². The fourth-order valence-electron chi connectivity index (χ4n) is 0.670. The van der Waals surface area contributed by atoms with Crippen molar-refractivity contribution in [2.45, 2.75) is 12.7 Å². The fourth-order valence-corrected chi connectivity index (χ4v) is 0.670. The molecule has 0 unspecified atom stereocenters. The first-order valence-corrected chi connectivity index (χ1v) is 3.21. The second-order valence-electron chi connectivity index (χ2n) is 2.15. The van der Waals surface area contributed by atoms with Gasteiger partial charge >= 0.3 is 6.18 Å². The summed E-state index contributed by atoms with van der Waals surface area (Å²) >= 11 is 0. The van der Waals surface area contributed by atoms with Gasteiger partial charge in [-0.05, 0) is 0 Å². The van der Waals surface area contributed by atoms with Gasteiger partial charge in [0, 0.05) is 6.54 Å². The number of hydrogen-bond acceptors (Lipinski definition) is 3. The highest BCUT2D eigenvalue weighted by molar-refractivity contribution is 4.97. The van der Waals surface area contributed by atoms with Crippen LogP contribution in [0.1, 0.15) is 5.69 Å². The molecule has 0 fully saturated rings. The lowest BCUT2D eigenvalue weighted by Gasteiger charge is -1.98. The Morgan fingerprint density at radius 2 is 2.17 bits per heavy atom. The largest absolute Gasteiger partial charge is 0.436 e. The quantitative estimate of drug-likeness (QED) is 0.710. The lowest BCUT2D eigenvalue weighted by atomic mass is 10.5. The number of rotatable bonds is 2. The molecular weight excluding hydrogens is 173 g/mol. The SMILES string of the molecule is NCCn1cc(C(F)(F)F)nn1. The number of hydrogen-bond donors (Lipinski definition) is 1. The van der Waals surface area contributed by atoms with Gasteiger partial charge in [-0.1, -0.05) is 5.21 Å². The summed E-state index contributed by atoms with van der Waals surface area (Å²) in [7, 11) is 0. The lowest BCUT2D eigenvalue weighted by Crippen LogP contribution is -2.10. The Labute approximate surface area is 66.2 Å². The fraction of sp³-hybridized carbons (Fsp3) is 0.600. The molecule has 0 amide bonds. The molecule has 12 heavy (non-hydrogen) atoms. The van der Waals surface area contributed by atoms with E-state index in [4.69, 9.17) is 5.73 Å². The molecule has 7 heteroatoms. The Morgan fingerprint density at radius 3 is 2.58 bits per heavy atom. The van der Waals surface area contributed by atoms with Gasteiger partial charge < -0.3 is 5.73 Å². The minimum absolute atomic E-state index is 0.237. The highest BCUT2D eigenvalue weighted by Crippen LogP contribution is 2.26.